The van der Waals surface area contributed by atoms with Crippen LogP contribution in [0.15, 0.2) is 47.4 Å². The van der Waals surface area contributed by atoms with Crippen LogP contribution in [-0.2, 0) is 24.3 Å². The normalized spacial score (nSPS) is 14.6. The Balaban J connectivity index is 1.75. The maximum atomic E-state index is 13.0. The van der Waals surface area contributed by atoms with Crippen molar-refractivity contribution < 1.29 is 32.2 Å². The predicted octanol–water partition coefficient (Wildman–Crippen LogP) is 2.17. The molecule has 0 radical (unpaired) electrons. The summed E-state index contributed by atoms with van der Waals surface area (Å²) >= 11 is 6.01. The van der Waals surface area contributed by atoms with E-state index in [9.17, 15) is 18.0 Å². The molecule has 1 amide bonds. The van der Waals surface area contributed by atoms with Crippen molar-refractivity contribution in [3.8, 4) is 5.75 Å². The number of nitrogens with one attached hydrogen (secondary N) is 1. The Labute approximate surface area is 184 Å². The van der Waals surface area contributed by atoms with Gasteiger partial charge in [0.25, 0.3) is 5.91 Å². The van der Waals surface area contributed by atoms with Crippen molar-refractivity contribution in [2.45, 2.75) is 4.90 Å². The molecule has 9 nitrogen and oxygen atoms in total. The number of carbonyl (C=O) groups excluding carboxylic acids is 2. The zero-order valence-corrected chi connectivity index (χ0v) is 18.2. The molecule has 0 bridgehead atoms. The summed E-state index contributed by atoms with van der Waals surface area (Å²) in [5.41, 5.74) is 0.431. The molecule has 0 unspecified atom stereocenters. The zero-order valence-electron chi connectivity index (χ0n) is 16.7. The summed E-state index contributed by atoms with van der Waals surface area (Å²) in [5, 5.41) is 2.78. The molecule has 31 heavy (non-hydrogen) atoms. The second-order valence-electron chi connectivity index (χ2n) is 6.48. The van der Waals surface area contributed by atoms with E-state index in [1.54, 1.807) is 18.2 Å². The van der Waals surface area contributed by atoms with Gasteiger partial charge in [0.1, 0.15) is 10.6 Å². The third-order valence-electron chi connectivity index (χ3n) is 4.46. The average Bonchev–Trinajstić information content (AvgIpc) is 2.78. The van der Waals surface area contributed by atoms with E-state index in [0.29, 0.717) is 0 Å². The number of methoxy groups -OCH3 is 1. The van der Waals surface area contributed by atoms with Gasteiger partial charge in [-0.3, -0.25) is 4.79 Å². The maximum Gasteiger partial charge on any atom is 0.339 e. The smallest absolute Gasteiger partial charge is 0.339 e. The monoisotopic (exact) mass is 468 g/mol. The van der Waals surface area contributed by atoms with Gasteiger partial charge in [0.15, 0.2) is 6.61 Å². The first kappa shape index (κ1) is 23.0. The van der Waals surface area contributed by atoms with E-state index in [-0.39, 0.29) is 53.2 Å². The summed E-state index contributed by atoms with van der Waals surface area (Å²) in [4.78, 5) is 24.1. The van der Waals surface area contributed by atoms with Crippen LogP contribution >= 0.6 is 11.6 Å². The number of hydrogen-bond acceptors (Lipinski definition) is 7. The minimum Gasteiger partial charge on any atom is -0.482 e. The largest absolute Gasteiger partial charge is 0.482 e. The molecule has 1 N–H and O–H groups in total. The quantitative estimate of drug-likeness (QED) is 0.620. The third-order valence-corrected chi connectivity index (χ3v) is 6.61. The molecule has 0 aromatic heterocycles. The van der Waals surface area contributed by atoms with Crippen LogP contribution in [0.25, 0.3) is 0 Å². The first-order valence-electron chi connectivity index (χ1n) is 9.30. The molecular weight excluding hydrogens is 448 g/mol. The number of para-hydroxylation sites is 1. The Morgan fingerprint density at radius 3 is 2.58 bits per heavy atom. The molecule has 1 aliphatic rings. The number of esters is 1. The summed E-state index contributed by atoms with van der Waals surface area (Å²) < 4.78 is 42.7. The molecule has 0 saturated carbocycles. The first-order valence-corrected chi connectivity index (χ1v) is 11.1. The highest BCUT2D eigenvalue weighted by atomic mass is 35.5. The molecule has 1 saturated heterocycles. The van der Waals surface area contributed by atoms with Crippen LogP contribution in [0.4, 0.5) is 5.69 Å². The summed E-state index contributed by atoms with van der Waals surface area (Å²) in [6, 6.07) is 10.5. The van der Waals surface area contributed by atoms with Gasteiger partial charge in [0.05, 0.1) is 31.6 Å². The van der Waals surface area contributed by atoms with E-state index >= 15 is 0 Å². The maximum absolute atomic E-state index is 13.0. The van der Waals surface area contributed by atoms with Gasteiger partial charge in [-0.05, 0) is 30.3 Å². The SMILES string of the molecule is COC(=O)c1ccccc1NC(=O)COc1ccc(Cl)cc1S(=O)(=O)N1CCOCC1. The summed E-state index contributed by atoms with van der Waals surface area (Å²) in [7, 11) is -2.66. The lowest BCUT2D eigenvalue weighted by Gasteiger charge is -2.26. The lowest BCUT2D eigenvalue weighted by Crippen LogP contribution is -2.40. The standard InChI is InChI=1S/C20H21ClN2O7S/c1-28-20(25)15-4-2-3-5-16(15)22-19(24)13-30-17-7-6-14(21)12-18(17)31(26,27)23-8-10-29-11-9-23/h2-7,12H,8-11,13H2,1H3,(H,22,24). The van der Waals surface area contributed by atoms with Crippen molar-refractivity contribution in [1.29, 1.82) is 0 Å². The highest BCUT2D eigenvalue weighted by Crippen LogP contribution is 2.30. The minimum absolute atomic E-state index is 0.00713. The number of halogens is 1. The van der Waals surface area contributed by atoms with Crippen LogP contribution in [0.2, 0.25) is 5.02 Å². The van der Waals surface area contributed by atoms with Crippen molar-refractivity contribution >= 4 is 39.2 Å². The van der Waals surface area contributed by atoms with Crippen LogP contribution in [-0.4, -0.2) is 64.6 Å². The van der Waals surface area contributed by atoms with Crippen molar-refractivity contribution in [3.63, 3.8) is 0 Å². The molecule has 0 aliphatic carbocycles. The van der Waals surface area contributed by atoms with Crippen molar-refractivity contribution in [2.24, 2.45) is 0 Å². The van der Waals surface area contributed by atoms with Gasteiger partial charge >= 0.3 is 5.97 Å². The lowest BCUT2D eigenvalue weighted by atomic mass is 10.2. The summed E-state index contributed by atoms with van der Waals surface area (Å²) in [5.74, 6) is -1.19. The molecule has 1 fully saturated rings. The van der Waals surface area contributed by atoms with Crippen LogP contribution in [0.5, 0.6) is 5.75 Å². The molecule has 2 aromatic carbocycles. The van der Waals surface area contributed by atoms with Gasteiger partial charge in [-0.2, -0.15) is 4.31 Å². The highest BCUT2D eigenvalue weighted by Gasteiger charge is 2.30. The van der Waals surface area contributed by atoms with Gasteiger partial charge in [0.2, 0.25) is 10.0 Å². The molecule has 0 atom stereocenters. The fourth-order valence-corrected chi connectivity index (χ4v) is 4.74. The first-order chi connectivity index (χ1) is 14.8. The number of sulfonamides is 1. The van der Waals surface area contributed by atoms with E-state index in [2.05, 4.69) is 5.32 Å². The van der Waals surface area contributed by atoms with E-state index in [1.165, 1.54) is 35.7 Å². The number of benzene rings is 2. The minimum atomic E-state index is -3.89. The third kappa shape index (κ3) is 5.53. The lowest BCUT2D eigenvalue weighted by molar-refractivity contribution is -0.118. The number of rotatable bonds is 7. The number of amides is 1. The molecule has 0 spiro atoms. The topological polar surface area (TPSA) is 111 Å². The van der Waals surface area contributed by atoms with Gasteiger partial charge < -0.3 is 19.5 Å². The van der Waals surface area contributed by atoms with Crippen LogP contribution in [0.1, 0.15) is 10.4 Å². The molecule has 3 rings (SSSR count). The van der Waals surface area contributed by atoms with Crippen molar-refractivity contribution in [1.82, 2.24) is 4.31 Å². The second kappa shape index (κ2) is 10.1. The van der Waals surface area contributed by atoms with Crippen LogP contribution in [0, 0.1) is 0 Å². The second-order valence-corrected chi connectivity index (χ2v) is 8.82. The number of ether oxygens (including phenoxy) is 3. The zero-order chi connectivity index (χ0) is 22.4. The Hall–Kier alpha value is -2.66. The molecular formula is C20H21ClN2O7S. The molecule has 2 aromatic rings. The van der Waals surface area contributed by atoms with E-state index in [4.69, 9.17) is 25.8 Å². The number of morpholine rings is 1. The Morgan fingerprint density at radius 2 is 1.87 bits per heavy atom. The van der Waals surface area contributed by atoms with Crippen LogP contribution < -0.4 is 10.1 Å². The fourth-order valence-electron chi connectivity index (χ4n) is 2.94. The molecule has 1 aliphatic heterocycles. The summed E-state index contributed by atoms with van der Waals surface area (Å²) in [6.07, 6.45) is 0. The van der Waals surface area contributed by atoms with E-state index in [1.807, 2.05) is 0 Å². The molecule has 11 heteroatoms. The Morgan fingerprint density at radius 1 is 1.16 bits per heavy atom. The number of anilines is 1. The summed E-state index contributed by atoms with van der Waals surface area (Å²) in [6.45, 7) is 0.511. The average molecular weight is 469 g/mol. The number of carbonyl (C=O) groups is 2. The highest BCUT2D eigenvalue weighted by molar-refractivity contribution is 7.89. The Bertz CT molecular complexity index is 1070. The van der Waals surface area contributed by atoms with Gasteiger partial charge in [-0.25, -0.2) is 13.2 Å². The predicted molar refractivity (Wildman–Crippen MR) is 113 cm³/mol. The van der Waals surface area contributed by atoms with Gasteiger partial charge in [0, 0.05) is 18.1 Å². The van der Waals surface area contributed by atoms with Crippen LogP contribution in [0.3, 0.4) is 0 Å². The van der Waals surface area contributed by atoms with Crippen molar-refractivity contribution in [2.75, 3.05) is 45.3 Å². The Kier molecular flexibility index (Phi) is 7.50. The van der Waals surface area contributed by atoms with E-state index < -0.39 is 28.5 Å². The molecule has 1 heterocycles. The van der Waals surface area contributed by atoms with Gasteiger partial charge in [-0.1, -0.05) is 23.7 Å². The van der Waals surface area contributed by atoms with E-state index in [0.717, 1.165) is 0 Å². The van der Waals surface area contributed by atoms with Crippen molar-refractivity contribution in [3.05, 3.63) is 53.1 Å². The van der Waals surface area contributed by atoms with Gasteiger partial charge in [-0.15, -0.1) is 0 Å². The number of nitrogens with zero attached hydrogens (tertiary/aromatic N) is 1. The molecule has 166 valence electrons. The fraction of sp³-hybridized carbons (Fsp3) is 0.300. The number of hydrogen-bond donors (Lipinski definition) is 1.